The first kappa shape index (κ1) is 10.8. The molecule has 2 rings (SSSR count). The molecule has 0 fully saturated rings. The van der Waals surface area contributed by atoms with Gasteiger partial charge in [0.1, 0.15) is 0 Å². The highest BCUT2D eigenvalue weighted by Crippen LogP contribution is 2.21. The number of hydrogen-bond acceptors (Lipinski definition) is 3. The van der Waals surface area contributed by atoms with E-state index in [1.807, 2.05) is 31.2 Å². The minimum absolute atomic E-state index is 0.588. The number of H-pyrrole nitrogens is 1. The summed E-state index contributed by atoms with van der Waals surface area (Å²) in [6, 6.07) is 8.06. The first-order valence-electron chi connectivity index (χ1n) is 4.86. The molecule has 0 aliphatic rings. The Morgan fingerprint density at radius 2 is 2.25 bits per heavy atom. The summed E-state index contributed by atoms with van der Waals surface area (Å²) in [6.07, 6.45) is 5.18. The second-order valence-electron chi connectivity index (χ2n) is 3.27. The fourth-order valence-corrected chi connectivity index (χ4v) is 1.85. The lowest BCUT2D eigenvalue weighted by Crippen LogP contribution is -1.84. The van der Waals surface area contributed by atoms with Crippen LogP contribution in [0.1, 0.15) is 5.56 Å². The highest BCUT2D eigenvalue weighted by molar-refractivity contribution is 7.99. The van der Waals surface area contributed by atoms with Crippen LogP contribution in [0.3, 0.4) is 0 Å². The predicted octanol–water partition coefficient (Wildman–Crippen LogP) is 2.51. The quantitative estimate of drug-likeness (QED) is 0.649. The monoisotopic (exact) mass is 229 g/mol. The van der Waals surface area contributed by atoms with Gasteiger partial charge in [-0.3, -0.25) is 5.10 Å². The molecule has 1 aromatic heterocycles. The molecule has 0 aliphatic heterocycles. The van der Waals surface area contributed by atoms with Gasteiger partial charge >= 0.3 is 0 Å². The molecule has 1 aromatic carbocycles. The van der Waals surface area contributed by atoms with E-state index in [1.165, 1.54) is 17.3 Å². The lowest BCUT2D eigenvalue weighted by atomic mass is 10.1. The Balaban J connectivity index is 2.26. The van der Waals surface area contributed by atoms with Crippen molar-refractivity contribution in [3.63, 3.8) is 0 Å². The minimum atomic E-state index is 0.588. The van der Waals surface area contributed by atoms with Gasteiger partial charge in [0.05, 0.1) is 5.75 Å². The number of terminal acetylenes is 1. The first-order valence-corrected chi connectivity index (χ1v) is 5.84. The molecule has 0 bridgehead atoms. The summed E-state index contributed by atoms with van der Waals surface area (Å²) in [6.45, 7) is 2.05. The topological polar surface area (TPSA) is 41.6 Å². The number of aromatic nitrogens is 3. The van der Waals surface area contributed by atoms with E-state index in [0.29, 0.717) is 10.9 Å². The highest BCUT2D eigenvalue weighted by atomic mass is 32.2. The fraction of sp³-hybridized carbons (Fsp3) is 0.167. The molecule has 16 heavy (non-hydrogen) atoms. The molecule has 0 aliphatic carbocycles. The predicted molar refractivity (Wildman–Crippen MR) is 66.1 cm³/mol. The third-order valence-electron chi connectivity index (χ3n) is 2.15. The van der Waals surface area contributed by atoms with Crippen molar-refractivity contribution in [1.29, 1.82) is 0 Å². The Kier molecular flexibility index (Phi) is 3.28. The smallest absolute Gasteiger partial charge is 0.209 e. The maximum absolute atomic E-state index is 5.18. The Hall–Kier alpha value is -1.73. The van der Waals surface area contributed by atoms with Crippen LogP contribution in [0.2, 0.25) is 0 Å². The van der Waals surface area contributed by atoms with E-state index in [-0.39, 0.29) is 0 Å². The van der Waals surface area contributed by atoms with Gasteiger partial charge in [-0.15, -0.1) is 11.5 Å². The molecule has 1 heterocycles. The standard InChI is InChI=1S/C12H11N3S/c1-3-8-16-12-13-11(14-15-12)10-7-5-4-6-9(10)2/h1,4-7H,8H2,2H3,(H,13,14,15). The van der Waals surface area contributed by atoms with Crippen LogP contribution in [0, 0.1) is 19.3 Å². The average molecular weight is 229 g/mol. The number of rotatable bonds is 3. The van der Waals surface area contributed by atoms with Gasteiger partial charge < -0.3 is 0 Å². The van der Waals surface area contributed by atoms with Crippen LogP contribution < -0.4 is 0 Å². The molecule has 0 radical (unpaired) electrons. The largest absolute Gasteiger partial charge is 0.258 e. The summed E-state index contributed by atoms with van der Waals surface area (Å²) in [5, 5.41) is 7.71. The van der Waals surface area contributed by atoms with Gasteiger partial charge in [-0.25, -0.2) is 4.98 Å². The maximum Gasteiger partial charge on any atom is 0.209 e. The van der Waals surface area contributed by atoms with Crippen LogP contribution in [-0.4, -0.2) is 20.9 Å². The molecule has 80 valence electrons. The molecular weight excluding hydrogens is 218 g/mol. The zero-order chi connectivity index (χ0) is 11.4. The summed E-state index contributed by atoms with van der Waals surface area (Å²) in [7, 11) is 0. The van der Waals surface area contributed by atoms with Crippen molar-refractivity contribution in [2.45, 2.75) is 12.1 Å². The molecule has 0 unspecified atom stereocenters. The van der Waals surface area contributed by atoms with E-state index >= 15 is 0 Å². The summed E-state index contributed by atoms with van der Waals surface area (Å²) >= 11 is 1.45. The van der Waals surface area contributed by atoms with Crippen LogP contribution in [0.5, 0.6) is 0 Å². The van der Waals surface area contributed by atoms with Crippen molar-refractivity contribution in [2.24, 2.45) is 0 Å². The van der Waals surface area contributed by atoms with E-state index in [2.05, 4.69) is 21.1 Å². The van der Waals surface area contributed by atoms with Crippen LogP contribution in [-0.2, 0) is 0 Å². The van der Waals surface area contributed by atoms with Crippen LogP contribution in [0.4, 0.5) is 0 Å². The third-order valence-corrected chi connectivity index (χ3v) is 2.90. The van der Waals surface area contributed by atoms with E-state index in [9.17, 15) is 0 Å². The molecule has 2 aromatic rings. The second-order valence-corrected chi connectivity index (χ2v) is 4.22. The van der Waals surface area contributed by atoms with Crippen molar-refractivity contribution in [1.82, 2.24) is 15.2 Å². The van der Waals surface area contributed by atoms with E-state index in [4.69, 9.17) is 6.42 Å². The Morgan fingerprint density at radius 1 is 1.44 bits per heavy atom. The van der Waals surface area contributed by atoms with Crippen LogP contribution in [0.15, 0.2) is 29.4 Å². The molecule has 0 saturated carbocycles. The molecule has 0 amide bonds. The number of nitrogens with zero attached hydrogens (tertiary/aromatic N) is 2. The number of aromatic amines is 1. The van der Waals surface area contributed by atoms with E-state index in [1.54, 1.807) is 0 Å². The van der Waals surface area contributed by atoms with Gasteiger partial charge in [-0.2, -0.15) is 0 Å². The SMILES string of the molecule is C#CCSc1n[nH]c(-c2ccccc2C)n1. The third kappa shape index (κ3) is 2.26. The van der Waals surface area contributed by atoms with Gasteiger partial charge in [0.2, 0.25) is 5.16 Å². The number of nitrogens with one attached hydrogen (secondary N) is 1. The van der Waals surface area contributed by atoms with Crippen molar-refractivity contribution in [3.05, 3.63) is 29.8 Å². The maximum atomic E-state index is 5.18. The fourth-order valence-electron chi connectivity index (χ4n) is 1.38. The zero-order valence-corrected chi connectivity index (χ0v) is 9.71. The molecular formula is C12H11N3S. The highest BCUT2D eigenvalue weighted by Gasteiger charge is 2.07. The summed E-state index contributed by atoms with van der Waals surface area (Å²) in [5.41, 5.74) is 2.25. The molecule has 1 N–H and O–H groups in total. The van der Waals surface area contributed by atoms with Crippen molar-refractivity contribution in [2.75, 3.05) is 5.75 Å². The van der Waals surface area contributed by atoms with Gasteiger partial charge in [0.25, 0.3) is 0 Å². The lowest BCUT2D eigenvalue weighted by molar-refractivity contribution is 0.975. The Labute approximate surface area is 98.7 Å². The molecule has 3 nitrogen and oxygen atoms in total. The van der Waals surface area contributed by atoms with Gasteiger partial charge in [0, 0.05) is 5.56 Å². The van der Waals surface area contributed by atoms with Crippen LogP contribution >= 0.6 is 11.8 Å². The molecule has 0 atom stereocenters. The number of aryl methyl sites for hydroxylation is 1. The summed E-state index contributed by atoms with van der Waals surface area (Å²) in [4.78, 5) is 4.38. The molecule has 0 saturated heterocycles. The molecule has 4 heteroatoms. The molecule has 0 spiro atoms. The zero-order valence-electron chi connectivity index (χ0n) is 8.90. The summed E-state index contributed by atoms with van der Waals surface area (Å²) in [5.74, 6) is 3.92. The Bertz CT molecular complexity index is 525. The Morgan fingerprint density at radius 3 is 3.00 bits per heavy atom. The number of benzene rings is 1. The second kappa shape index (κ2) is 4.86. The number of thioether (sulfide) groups is 1. The minimum Gasteiger partial charge on any atom is -0.258 e. The summed E-state index contributed by atoms with van der Waals surface area (Å²) < 4.78 is 0. The van der Waals surface area contributed by atoms with Crippen molar-refractivity contribution < 1.29 is 0 Å². The van der Waals surface area contributed by atoms with E-state index < -0.39 is 0 Å². The van der Waals surface area contributed by atoms with Crippen LogP contribution in [0.25, 0.3) is 11.4 Å². The van der Waals surface area contributed by atoms with E-state index in [0.717, 1.165) is 11.4 Å². The average Bonchev–Trinajstić information content (AvgIpc) is 2.75. The van der Waals surface area contributed by atoms with Crippen molar-refractivity contribution >= 4 is 11.8 Å². The normalized spacial score (nSPS) is 10.0. The number of hydrogen-bond donors (Lipinski definition) is 1. The van der Waals surface area contributed by atoms with Gasteiger partial charge in [0.15, 0.2) is 5.82 Å². The first-order chi connectivity index (χ1) is 7.81. The van der Waals surface area contributed by atoms with Crippen molar-refractivity contribution in [3.8, 4) is 23.7 Å². The van der Waals surface area contributed by atoms with Gasteiger partial charge in [-0.05, 0) is 12.5 Å². The lowest BCUT2D eigenvalue weighted by Gasteiger charge is -1.99. The van der Waals surface area contributed by atoms with Gasteiger partial charge in [-0.1, -0.05) is 41.9 Å².